The molecular weight excluding hydrogens is 372 g/mol. The van der Waals surface area contributed by atoms with Crippen molar-refractivity contribution >= 4 is 22.5 Å². The number of fused-ring (bicyclic) bond motifs is 1. The molecule has 30 heavy (non-hydrogen) atoms. The Labute approximate surface area is 179 Å². The van der Waals surface area contributed by atoms with E-state index in [2.05, 4.69) is 35.3 Å². The number of aromatic nitrogens is 1. The van der Waals surface area contributed by atoms with Crippen LogP contribution in [-0.4, -0.2) is 46.9 Å². The minimum absolute atomic E-state index is 0.0770. The fraction of sp³-hybridized carbons (Fsp3) is 0.440. The maximum Gasteiger partial charge on any atom is 0.254 e. The maximum atomic E-state index is 13.4. The molecule has 3 heterocycles. The number of rotatable bonds is 5. The first kappa shape index (κ1) is 20.5. The Morgan fingerprint density at radius 2 is 1.97 bits per heavy atom. The van der Waals surface area contributed by atoms with Crippen molar-refractivity contribution in [2.45, 2.75) is 32.6 Å². The van der Waals surface area contributed by atoms with Crippen LogP contribution in [0.25, 0.3) is 10.9 Å². The zero-order valence-electron chi connectivity index (χ0n) is 17.9. The second-order valence-electron chi connectivity index (χ2n) is 8.63. The number of nitrogens with zero attached hydrogens (tertiary/aromatic N) is 3. The lowest BCUT2D eigenvalue weighted by molar-refractivity contribution is 0.0652. The monoisotopic (exact) mass is 404 g/mol. The van der Waals surface area contributed by atoms with Crippen LogP contribution in [0, 0.1) is 11.8 Å². The Hall–Kier alpha value is -2.82. The molecule has 2 aromatic rings. The lowest BCUT2D eigenvalue weighted by Gasteiger charge is -2.35. The van der Waals surface area contributed by atoms with E-state index in [1.165, 1.54) is 19.3 Å². The summed E-state index contributed by atoms with van der Waals surface area (Å²) < 4.78 is 0. The van der Waals surface area contributed by atoms with Gasteiger partial charge in [-0.05, 0) is 61.8 Å². The molecule has 2 aliphatic rings. The molecule has 2 atom stereocenters. The number of carbonyl (C=O) groups excluding carboxylic acids is 1. The van der Waals surface area contributed by atoms with Gasteiger partial charge in [0.1, 0.15) is 0 Å². The van der Waals surface area contributed by atoms with Crippen molar-refractivity contribution < 1.29 is 4.79 Å². The van der Waals surface area contributed by atoms with Crippen molar-refractivity contribution in [2.24, 2.45) is 11.8 Å². The standard InChI is InChI=1S/C25H32N4O/c1-4-20-17-29(15-11-18(20)2)25(30)22-10-12-26-24-9-8-21(16-23(22)24)27-19(3)28-13-6-5-7-14-28/h4,8-10,12,16,18,20,27H,1,3,5-7,11,13-15,17H2,2H3. The number of benzene rings is 1. The van der Waals surface area contributed by atoms with Gasteiger partial charge >= 0.3 is 0 Å². The van der Waals surface area contributed by atoms with Crippen molar-refractivity contribution in [3.05, 3.63) is 61.1 Å². The molecule has 0 aliphatic carbocycles. The predicted octanol–water partition coefficient (Wildman–Crippen LogP) is 4.89. The number of hydrogen-bond acceptors (Lipinski definition) is 4. The molecular formula is C25H32N4O. The Bertz CT molecular complexity index is 947. The smallest absolute Gasteiger partial charge is 0.254 e. The SMILES string of the molecule is C=CC1CN(C(=O)c2ccnc3ccc(NC(=C)N4CCCCC4)cc23)CCC1C. The molecule has 1 aromatic heterocycles. The number of pyridine rings is 1. The first-order chi connectivity index (χ1) is 14.6. The average Bonchev–Trinajstić information content (AvgIpc) is 2.79. The zero-order chi connectivity index (χ0) is 21.1. The van der Waals surface area contributed by atoms with Gasteiger partial charge in [0.2, 0.25) is 0 Å². The molecule has 5 heteroatoms. The van der Waals surface area contributed by atoms with Crippen molar-refractivity contribution in [1.29, 1.82) is 0 Å². The van der Waals surface area contributed by atoms with E-state index in [4.69, 9.17) is 0 Å². The third kappa shape index (κ3) is 4.20. The van der Waals surface area contributed by atoms with Crippen LogP contribution in [0.3, 0.4) is 0 Å². The first-order valence-corrected chi connectivity index (χ1v) is 11.1. The van der Waals surface area contributed by atoms with E-state index in [9.17, 15) is 4.79 Å². The predicted molar refractivity (Wildman–Crippen MR) is 123 cm³/mol. The van der Waals surface area contributed by atoms with Crippen LogP contribution >= 0.6 is 0 Å². The van der Waals surface area contributed by atoms with Gasteiger partial charge in [0.15, 0.2) is 0 Å². The normalized spacial score (nSPS) is 22.0. The average molecular weight is 405 g/mol. The van der Waals surface area contributed by atoms with Crippen LogP contribution in [0.4, 0.5) is 5.69 Å². The van der Waals surface area contributed by atoms with E-state index in [1.54, 1.807) is 6.20 Å². The second kappa shape index (κ2) is 8.90. The van der Waals surface area contributed by atoms with E-state index < -0.39 is 0 Å². The number of nitrogens with one attached hydrogen (secondary N) is 1. The largest absolute Gasteiger partial charge is 0.359 e. The van der Waals surface area contributed by atoms with E-state index in [0.29, 0.717) is 17.4 Å². The molecule has 1 amide bonds. The molecule has 0 spiro atoms. The van der Waals surface area contributed by atoms with Gasteiger partial charge in [-0.15, -0.1) is 6.58 Å². The molecule has 0 bridgehead atoms. The van der Waals surface area contributed by atoms with Crippen LogP contribution in [0.1, 0.15) is 43.0 Å². The lowest BCUT2D eigenvalue weighted by atomic mass is 9.87. The molecule has 158 valence electrons. The minimum atomic E-state index is 0.0770. The molecule has 1 aromatic carbocycles. The van der Waals surface area contributed by atoms with Gasteiger partial charge in [-0.2, -0.15) is 0 Å². The summed E-state index contributed by atoms with van der Waals surface area (Å²) >= 11 is 0. The lowest BCUT2D eigenvalue weighted by Crippen LogP contribution is -2.42. The Morgan fingerprint density at radius 3 is 2.73 bits per heavy atom. The molecule has 1 N–H and O–H groups in total. The Morgan fingerprint density at radius 1 is 1.17 bits per heavy atom. The van der Waals surface area contributed by atoms with E-state index in [1.807, 2.05) is 35.2 Å². The van der Waals surface area contributed by atoms with Gasteiger partial charge in [0, 0.05) is 43.4 Å². The van der Waals surface area contributed by atoms with Gasteiger partial charge in [0.25, 0.3) is 5.91 Å². The third-order valence-electron chi connectivity index (χ3n) is 6.60. The summed E-state index contributed by atoms with van der Waals surface area (Å²) in [6.07, 6.45) is 8.44. The van der Waals surface area contributed by atoms with Crippen LogP contribution in [0.15, 0.2) is 55.5 Å². The van der Waals surface area contributed by atoms with Gasteiger partial charge in [-0.1, -0.05) is 19.6 Å². The zero-order valence-corrected chi connectivity index (χ0v) is 17.9. The van der Waals surface area contributed by atoms with E-state index in [-0.39, 0.29) is 5.91 Å². The van der Waals surface area contributed by atoms with Gasteiger partial charge in [-0.25, -0.2) is 0 Å². The summed E-state index contributed by atoms with van der Waals surface area (Å²) in [6, 6.07) is 7.86. The van der Waals surface area contributed by atoms with Crippen molar-refractivity contribution in [2.75, 3.05) is 31.5 Å². The highest BCUT2D eigenvalue weighted by molar-refractivity contribution is 6.06. The summed E-state index contributed by atoms with van der Waals surface area (Å²) in [4.78, 5) is 22.1. The number of anilines is 1. The Balaban J connectivity index is 1.57. The van der Waals surface area contributed by atoms with Crippen molar-refractivity contribution in [3.63, 3.8) is 0 Å². The highest BCUT2D eigenvalue weighted by Crippen LogP contribution is 2.28. The topological polar surface area (TPSA) is 48.5 Å². The fourth-order valence-electron chi connectivity index (χ4n) is 4.58. The van der Waals surface area contributed by atoms with Crippen LogP contribution in [0.2, 0.25) is 0 Å². The van der Waals surface area contributed by atoms with Crippen LogP contribution in [-0.2, 0) is 0 Å². The molecule has 2 unspecified atom stereocenters. The molecule has 5 nitrogen and oxygen atoms in total. The summed E-state index contributed by atoms with van der Waals surface area (Å²) in [5.74, 6) is 1.91. The van der Waals surface area contributed by atoms with Gasteiger partial charge in [-0.3, -0.25) is 9.78 Å². The number of likely N-dealkylation sites (tertiary alicyclic amines) is 2. The quantitative estimate of drug-likeness (QED) is 0.721. The number of hydrogen-bond donors (Lipinski definition) is 1. The first-order valence-electron chi connectivity index (χ1n) is 11.1. The number of piperidine rings is 2. The molecule has 2 aliphatic heterocycles. The van der Waals surface area contributed by atoms with E-state index >= 15 is 0 Å². The van der Waals surface area contributed by atoms with Crippen LogP contribution < -0.4 is 5.32 Å². The molecule has 2 saturated heterocycles. The minimum Gasteiger partial charge on any atom is -0.359 e. The van der Waals surface area contributed by atoms with E-state index in [0.717, 1.165) is 55.0 Å². The summed E-state index contributed by atoms with van der Waals surface area (Å²) in [7, 11) is 0. The summed E-state index contributed by atoms with van der Waals surface area (Å²) in [5.41, 5.74) is 2.49. The maximum absolute atomic E-state index is 13.4. The number of carbonyl (C=O) groups is 1. The molecule has 0 saturated carbocycles. The number of amides is 1. The third-order valence-corrected chi connectivity index (χ3v) is 6.60. The Kier molecular flexibility index (Phi) is 6.07. The van der Waals surface area contributed by atoms with Crippen molar-refractivity contribution in [1.82, 2.24) is 14.8 Å². The fourth-order valence-corrected chi connectivity index (χ4v) is 4.58. The highest BCUT2D eigenvalue weighted by atomic mass is 16.2. The summed E-state index contributed by atoms with van der Waals surface area (Å²) in [5, 5.41) is 4.32. The van der Waals surface area contributed by atoms with Crippen LogP contribution in [0.5, 0.6) is 0 Å². The summed E-state index contributed by atoms with van der Waals surface area (Å²) in [6.45, 7) is 14.0. The van der Waals surface area contributed by atoms with Gasteiger partial charge in [0.05, 0.1) is 16.9 Å². The highest BCUT2D eigenvalue weighted by Gasteiger charge is 2.28. The molecule has 0 radical (unpaired) electrons. The van der Waals surface area contributed by atoms with Gasteiger partial charge < -0.3 is 15.1 Å². The molecule has 2 fully saturated rings. The molecule has 4 rings (SSSR count). The van der Waals surface area contributed by atoms with Crippen molar-refractivity contribution in [3.8, 4) is 0 Å². The second-order valence-corrected chi connectivity index (χ2v) is 8.63.